The number of nitrogens with one attached hydrogen (secondary N) is 3. The Morgan fingerprint density at radius 1 is 0.431 bits per heavy atom. The van der Waals surface area contributed by atoms with Crippen LogP contribution in [0.5, 0.6) is 0 Å². The van der Waals surface area contributed by atoms with Crippen molar-refractivity contribution < 1.29 is 0 Å². The summed E-state index contributed by atoms with van der Waals surface area (Å²) >= 11 is 1.90. The van der Waals surface area contributed by atoms with Crippen LogP contribution in [-0.4, -0.2) is 6.17 Å². The summed E-state index contributed by atoms with van der Waals surface area (Å²) in [4.78, 5) is 0. The van der Waals surface area contributed by atoms with Gasteiger partial charge in [-0.05, 0) is 91.9 Å². The Morgan fingerprint density at radius 3 is 1.76 bits per heavy atom. The first-order valence-electron chi connectivity index (χ1n) is 18.6. The zero-order valence-electron chi connectivity index (χ0n) is 28.6. The van der Waals surface area contributed by atoms with Gasteiger partial charge in [0.15, 0.2) is 0 Å². The van der Waals surface area contributed by atoms with E-state index in [1.165, 1.54) is 107 Å². The second-order valence-electron chi connectivity index (χ2n) is 14.5. The predicted octanol–water partition coefficient (Wildman–Crippen LogP) is 12.1. The summed E-state index contributed by atoms with van der Waals surface area (Å²) < 4.78 is 2.66. The molecule has 250 valence electrons. The average molecular weight is 680 g/mol. The summed E-state index contributed by atoms with van der Waals surface area (Å²) in [6.07, 6.45) is 7.10. The van der Waals surface area contributed by atoms with Gasteiger partial charge >= 0.3 is 0 Å². The number of benzene rings is 7. The molecule has 2 aliphatic rings. The van der Waals surface area contributed by atoms with Crippen LogP contribution in [0.4, 0.5) is 0 Å². The summed E-state index contributed by atoms with van der Waals surface area (Å²) in [5.74, 6) is 0.657. The number of thiophene rings is 1. The molecule has 51 heavy (non-hydrogen) atoms. The highest BCUT2D eigenvalue weighted by atomic mass is 32.1. The van der Waals surface area contributed by atoms with Gasteiger partial charge in [0, 0.05) is 20.2 Å². The Morgan fingerprint density at radius 2 is 1.02 bits per heavy atom. The monoisotopic (exact) mass is 679 g/mol. The van der Waals surface area contributed by atoms with E-state index < -0.39 is 0 Å². The van der Waals surface area contributed by atoms with Crippen molar-refractivity contribution in [3.05, 3.63) is 157 Å². The molecule has 7 aromatic carbocycles. The zero-order valence-corrected chi connectivity index (χ0v) is 29.4. The minimum absolute atomic E-state index is 0.0800. The van der Waals surface area contributed by atoms with E-state index in [1.54, 1.807) is 0 Å². The highest BCUT2D eigenvalue weighted by molar-refractivity contribution is 7.25. The molecule has 8 aromatic rings. The number of rotatable bonds is 5. The van der Waals surface area contributed by atoms with Crippen LogP contribution in [0.25, 0.3) is 64.0 Å². The smallest absolute Gasteiger partial charge is 0.0862 e. The van der Waals surface area contributed by atoms with Crippen LogP contribution in [0.2, 0.25) is 0 Å². The molecule has 1 aliphatic carbocycles. The summed E-state index contributed by atoms with van der Waals surface area (Å²) in [6, 6.07) is 54.0. The van der Waals surface area contributed by atoms with E-state index in [4.69, 9.17) is 0 Å². The molecular formula is C47H41N3S. The first-order chi connectivity index (χ1) is 25.2. The molecule has 0 radical (unpaired) electrons. The van der Waals surface area contributed by atoms with Gasteiger partial charge in [-0.3, -0.25) is 16.0 Å². The van der Waals surface area contributed by atoms with Crippen molar-refractivity contribution in [2.24, 2.45) is 5.92 Å². The molecule has 1 saturated heterocycles. The van der Waals surface area contributed by atoms with Gasteiger partial charge in [-0.2, -0.15) is 0 Å². The quantitative estimate of drug-likeness (QED) is 0.158. The summed E-state index contributed by atoms with van der Waals surface area (Å²) in [7, 11) is 0. The molecule has 3 nitrogen and oxygen atoms in total. The molecule has 10 rings (SSSR count). The van der Waals surface area contributed by atoms with Gasteiger partial charge in [0.25, 0.3) is 0 Å². The number of hydrogen-bond donors (Lipinski definition) is 3. The molecular weight excluding hydrogens is 639 g/mol. The van der Waals surface area contributed by atoms with Gasteiger partial charge < -0.3 is 0 Å². The topological polar surface area (TPSA) is 36.1 Å². The Hall–Kier alpha value is -4.84. The molecule has 0 bridgehead atoms. The molecule has 3 atom stereocenters. The van der Waals surface area contributed by atoms with Gasteiger partial charge in [0.1, 0.15) is 0 Å². The third-order valence-electron chi connectivity index (χ3n) is 11.4. The molecule has 3 unspecified atom stereocenters. The summed E-state index contributed by atoms with van der Waals surface area (Å²) in [6.45, 7) is 0. The van der Waals surface area contributed by atoms with Crippen molar-refractivity contribution in [2.75, 3.05) is 0 Å². The number of fused-ring (bicyclic) bond motifs is 6. The lowest BCUT2D eigenvalue weighted by molar-refractivity contribution is 0.131. The lowest BCUT2D eigenvalue weighted by Gasteiger charge is -2.43. The molecule has 0 spiro atoms. The molecule has 2 heterocycles. The van der Waals surface area contributed by atoms with Crippen LogP contribution in [-0.2, 0) is 0 Å². The fourth-order valence-electron chi connectivity index (χ4n) is 8.73. The fraction of sp³-hybridized carbons (Fsp3) is 0.191. The van der Waals surface area contributed by atoms with Crippen molar-refractivity contribution in [3.63, 3.8) is 0 Å². The van der Waals surface area contributed by atoms with Gasteiger partial charge in [-0.25, -0.2) is 0 Å². The van der Waals surface area contributed by atoms with Gasteiger partial charge in [-0.15, -0.1) is 11.3 Å². The molecule has 1 aliphatic heterocycles. The molecule has 4 heteroatoms. The lowest BCUT2D eigenvalue weighted by Crippen LogP contribution is -2.61. The van der Waals surface area contributed by atoms with E-state index in [2.05, 4.69) is 162 Å². The Bertz CT molecular complexity index is 2510. The minimum atomic E-state index is 0.0800. The fourth-order valence-corrected chi connectivity index (χ4v) is 9.91. The Kier molecular flexibility index (Phi) is 7.91. The van der Waals surface area contributed by atoms with Crippen LogP contribution in [0.1, 0.15) is 55.6 Å². The third-order valence-corrected chi connectivity index (χ3v) is 12.5. The van der Waals surface area contributed by atoms with Crippen molar-refractivity contribution in [3.8, 4) is 22.3 Å². The van der Waals surface area contributed by atoms with Gasteiger partial charge in [-0.1, -0.05) is 147 Å². The second-order valence-corrected chi connectivity index (χ2v) is 15.6. The average Bonchev–Trinajstić information content (AvgIpc) is 3.58. The standard InChI is InChI=1S/C47H41N3S/c1-3-11-31(12-4-1)45-48-46(32-13-5-2-6-14-32)50-47(49-45)33-21-19-30(20-22-33)34-23-25-40-41-26-24-36(29-44(41)51-43(40)28-34)42-27-35-15-7-8-16-37(35)38-17-9-10-18-39(38)42/h1,3-4,7-12,15-29,32,45-50H,2,5-6,13-14H2. The largest absolute Gasteiger partial charge is 0.282 e. The molecule has 0 amide bonds. The van der Waals surface area contributed by atoms with Crippen molar-refractivity contribution >= 4 is 53.1 Å². The van der Waals surface area contributed by atoms with E-state index in [-0.39, 0.29) is 18.5 Å². The first kappa shape index (κ1) is 30.9. The maximum absolute atomic E-state index is 3.95. The maximum Gasteiger partial charge on any atom is 0.0862 e. The van der Waals surface area contributed by atoms with Crippen molar-refractivity contribution in [1.29, 1.82) is 0 Å². The molecule has 2 fully saturated rings. The van der Waals surface area contributed by atoms with E-state index in [1.807, 2.05) is 11.3 Å². The minimum Gasteiger partial charge on any atom is -0.282 e. The first-order valence-corrected chi connectivity index (χ1v) is 19.4. The third kappa shape index (κ3) is 5.73. The van der Waals surface area contributed by atoms with Crippen LogP contribution in [0.15, 0.2) is 146 Å². The zero-order chi connectivity index (χ0) is 33.7. The van der Waals surface area contributed by atoms with Gasteiger partial charge in [0.05, 0.1) is 18.5 Å². The van der Waals surface area contributed by atoms with E-state index in [9.17, 15) is 0 Å². The van der Waals surface area contributed by atoms with Crippen molar-refractivity contribution in [1.82, 2.24) is 16.0 Å². The highest BCUT2D eigenvalue weighted by Crippen LogP contribution is 2.41. The SMILES string of the molecule is c1ccc(C2NC(c3ccc(-c4ccc5c(c4)sc4cc(-c6cc7ccccc7c7ccccc67)ccc45)cc3)NC(C3CCCCC3)N2)cc1. The van der Waals surface area contributed by atoms with E-state index in [0.717, 1.165) is 0 Å². The molecule has 1 aromatic heterocycles. The Labute approximate surface area is 303 Å². The van der Waals surface area contributed by atoms with E-state index >= 15 is 0 Å². The molecule has 3 N–H and O–H groups in total. The normalized spacial score (nSPS) is 20.0. The lowest BCUT2D eigenvalue weighted by atomic mass is 9.86. The van der Waals surface area contributed by atoms with Crippen LogP contribution >= 0.6 is 11.3 Å². The van der Waals surface area contributed by atoms with E-state index in [0.29, 0.717) is 5.92 Å². The van der Waals surface area contributed by atoms with Gasteiger partial charge in [0.2, 0.25) is 0 Å². The summed E-state index contributed by atoms with van der Waals surface area (Å²) in [5.41, 5.74) is 7.64. The second kappa shape index (κ2) is 13.0. The highest BCUT2D eigenvalue weighted by Gasteiger charge is 2.33. The maximum atomic E-state index is 3.95. The Balaban J connectivity index is 0.953. The van der Waals surface area contributed by atoms with Crippen LogP contribution in [0, 0.1) is 5.92 Å². The predicted molar refractivity (Wildman–Crippen MR) is 217 cm³/mol. The van der Waals surface area contributed by atoms with Crippen LogP contribution in [0.3, 0.4) is 0 Å². The van der Waals surface area contributed by atoms with Crippen molar-refractivity contribution in [2.45, 2.75) is 50.6 Å². The molecule has 1 saturated carbocycles. The summed E-state index contributed by atoms with van der Waals surface area (Å²) in [5, 5.41) is 19.6. The van der Waals surface area contributed by atoms with Crippen LogP contribution < -0.4 is 16.0 Å². The number of hydrogen-bond acceptors (Lipinski definition) is 4.